The van der Waals surface area contributed by atoms with Crippen molar-refractivity contribution >= 4 is 18.3 Å². The molecule has 0 heterocycles. The molecule has 0 aromatic carbocycles. The molecule has 0 saturated heterocycles. The third-order valence-corrected chi connectivity index (χ3v) is 3.93. The zero-order valence-corrected chi connectivity index (χ0v) is 12.7. The van der Waals surface area contributed by atoms with Gasteiger partial charge in [0.05, 0.1) is 0 Å². The summed E-state index contributed by atoms with van der Waals surface area (Å²) in [4.78, 5) is 11.9. The molecule has 0 aromatic heterocycles. The van der Waals surface area contributed by atoms with Crippen LogP contribution in [0.2, 0.25) is 0 Å². The number of nitrogens with two attached hydrogens (primary N) is 1. The number of hydrogen-bond donors (Lipinski definition) is 2. The Morgan fingerprint density at radius 2 is 1.89 bits per heavy atom. The van der Waals surface area contributed by atoms with Crippen molar-refractivity contribution in [1.82, 2.24) is 5.32 Å². The van der Waals surface area contributed by atoms with E-state index in [4.69, 9.17) is 5.73 Å². The Morgan fingerprint density at radius 1 is 1.28 bits per heavy atom. The number of halogens is 1. The molecule has 4 heteroatoms. The van der Waals surface area contributed by atoms with Crippen LogP contribution in [0.25, 0.3) is 0 Å². The van der Waals surface area contributed by atoms with Gasteiger partial charge < -0.3 is 11.1 Å². The standard InChI is InChI=1S/C14H28N2O.ClH/c1-12(2)6-9-16-13(17)10-14(11-15)7-4-3-5-8-14;/h12H,3-11,15H2,1-2H3,(H,16,17);1H. The molecule has 3 N–H and O–H groups in total. The Balaban J connectivity index is 0.00000289. The number of amides is 1. The van der Waals surface area contributed by atoms with Gasteiger partial charge in [0.15, 0.2) is 0 Å². The Hall–Kier alpha value is -0.280. The van der Waals surface area contributed by atoms with Gasteiger partial charge in [0, 0.05) is 13.0 Å². The van der Waals surface area contributed by atoms with Gasteiger partial charge in [0.1, 0.15) is 0 Å². The molecule has 0 bridgehead atoms. The highest BCUT2D eigenvalue weighted by molar-refractivity contribution is 5.85. The summed E-state index contributed by atoms with van der Waals surface area (Å²) in [6.45, 7) is 5.81. The van der Waals surface area contributed by atoms with Crippen LogP contribution in [0.5, 0.6) is 0 Å². The Morgan fingerprint density at radius 3 is 2.39 bits per heavy atom. The summed E-state index contributed by atoms with van der Waals surface area (Å²) in [6.07, 6.45) is 7.70. The van der Waals surface area contributed by atoms with Gasteiger partial charge in [-0.15, -0.1) is 12.4 Å². The first-order chi connectivity index (χ1) is 8.08. The van der Waals surface area contributed by atoms with E-state index in [0.29, 0.717) is 18.9 Å². The number of carbonyl (C=O) groups excluding carboxylic acids is 1. The van der Waals surface area contributed by atoms with E-state index in [0.717, 1.165) is 25.8 Å². The van der Waals surface area contributed by atoms with Crippen LogP contribution in [0.15, 0.2) is 0 Å². The lowest BCUT2D eigenvalue weighted by molar-refractivity contribution is -0.123. The Labute approximate surface area is 118 Å². The van der Waals surface area contributed by atoms with Crippen LogP contribution < -0.4 is 11.1 Å². The van der Waals surface area contributed by atoms with Crippen molar-refractivity contribution < 1.29 is 4.79 Å². The number of rotatable bonds is 6. The quantitative estimate of drug-likeness (QED) is 0.784. The molecule has 1 saturated carbocycles. The van der Waals surface area contributed by atoms with Crippen LogP contribution in [0.3, 0.4) is 0 Å². The van der Waals surface area contributed by atoms with E-state index in [1.54, 1.807) is 0 Å². The van der Waals surface area contributed by atoms with Crippen molar-refractivity contribution in [3.63, 3.8) is 0 Å². The van der Waals surface area contributed by atoms with E-state index in [1.165, 1.54) is 19.3 Å². The lowest BCUT2D eigenvalue weighted by atomic mass is 9.71. The molecule has 1 amide bonds. The molecule has 0 atom stereocenters. The molecule has 3 nitrogen and oxygen atoms in total. The van der Waals surface area contributed by atoms with Gasteiger partial charge in [-0.1, -0.05) is 33.1 Å². The predicted molar refractivity (Wildman–Crippen MR) is 78.9 cm³/mol. The molecule has 0 spiro atoms. The molecule has 108 valence electrons. The summed E-state index contributed by atoms with van der Waals surface area (Å²) in [5.41, 5.74) is 5.98. The predicted octanol–water partition coefficient (Wildman–Crippen LogP) is 2.87. The fourth-order valence-electron chi connectivity index (χ4n) is 2.66. The highest BCUT2D eigenvalue weighted by Gasteiger charge is 2.32. The average molecular weight is 277 g/mol. The molecule has 0 radical (unpaired) electrons. The maximum atomic E-state index is 11.9. The van der Waals surface area contributed by atoms with E-state index in [9.17, 15) is 4.79 Å². The Kier molecular flexibility index (Phi) is 8.62. The summed E-state index contributed by atoms with van der Waals surface area (Å²) >= 11 is 0. The summed E-state index contributed by atoms with van der Waals surface area (Å²) in [6, 6.07) is 0. The smallest absolute Gasteiger partial charge is 0.220 e. The second-order valence-electron chi connectivity index (χ2n) is 5.97. The van der Waals surface area contributed by atoms with Crippen molar-refractivity contribution in [3.05, 3.63) is 0 Å². The SMILES string of the molecule is CC(C)CCNC(=O)CC1(CN)CCCCC1.Cl. The fourth-order valence-corrected chi connectivity index (χ4v) is 2.66. The van der Waals surface area contributed by atoms with Gasteiger partial charge in [-0.2, -0.15) is 0 Å². The van der Waals surface area contributed by atoms with Gasteiger partial charge in [-0.05, 0) is 37.1 Å². The van der Waals surface area contributed by atoms with Gasteiger partial charge in [0.25, 0.3) is 0 Å². The van der Waals surface area contributed by atoms with Crippen LogP contribution in [-0.4, -0.2) is 19.0 Å². The van der Waals surface area contributed by atoms with Crippen molar-refractivity contribution in [1.29, 1.82) is 0 Å². The zero-order chi connectivity index (χ0) is 12.7. The van der Waals surface area contributed by atoms with Crippen molar-refractivity contribution in [2.24, 2.45) is 17.1 Å². The number of nitrogens with one attached hydrogen (secondary N) is 1. The second kappa shape index (κ2) is 8.76. The molecular weight excluding hydrogens is 248 g/mol. The van der Waals surface area contributed by atoms with Crippen LogP contribution in [0.1, 0.15) is 58.8 Å². The lowest BCUT2D eigenvalue weighted by Gasteiger charge is -2.35. The van der Waals surface area contributed by atoms with Gasteiger partial charge in [-0.25, -0.2) is 0 Å². The summed E-state index contributed by atoms with van der Waals surface area (Å²) in [7, 11) is 0. The molecule has 0 unspecified atom stereocenters. The van der Waals surface area contributed by atoms with Gasteiger partial charge in [-0.3, -0.25) is 4.79 Å². The van der Waals surface area contributed by atoms with Gasteiger partial charge in [0.2, 0.25) is 5.91 Å². The highest BCUT2D eigenvalue weighted by atomic mass is 35.5. The van der Waals surface area contributed by atoms with E-state index in [-0.39, 0.29) is 23.7 Å². The molecule has 1 fully saturated rings. The number of hydrogen-bond acceptors (Lipinski definition) is 2. The molecule has 1 aliphatic rings. The third-order valence-electron chi connectivity index (χ3n) is 3.93. The van der Waals surface area contributed by atoms with E-state index in [1.807, 2.05) is 0 Å². The average Bonchev–Trinajstić information content (AvgIpc) is 2.29. The molecular formula is C14H29ClN2O. The van der Waals surface area contributed by atoms with E-state index < -0.39 is 0 Å². The summed E-state index contributed by atoms with van der Waals surface area (Å²) in [5, 5.41) is 3.03. The summed E-state index contributed by atoms with van der Waals surface area (Å²) in [5.74, 6) is 0.839. The van der Waals surface area contributed by atoms with Crippen LogP contribution >= 0.6 is 12.4 Å². The minimum absolute atomic E-state index is 0. The largest absolute Gasteiger partial charge is 0.356 e. The molecule has 0 aliphatic heterocycles. The minimum Gasteiger partial charge on any atom is -0.356 e. The molecule has 1 aliphatic carbocycles. The first-order valence-corrected chi connectivity index (χ1v) is 7.05. The Bertz CT molecular complexity index is 238. The third kappa shape index (κ3) is 6.05. The summed E-state index contributed by atoms with van der Waals surface area (Å²) < 4.78 is 0. The van der Waals surface area contributed by atoms with Crippen molar-refractivity contribution in [2.75, 3.05) is 13.1 Å². The second-order valence-corrected chi connectivity index (χ2v) is 5.97. The van der Waals surface area contributed by atoms with E-state index >= 15 is 0 Å². The topological polar surface area (TPSA) is 55.1 Å². The minimum atomic E-state index is 0. The first-order valence-electron chi connectivity index (χ1n) is 7.05. The van der Waals surface area contributed by atoms with Crippen LogP contribution in [-0.2, 0) is 4.79 Å². The van der Waals surface area contributed by atoms with Gasteiger partial charge >= 0.3 is 0 Å². The highest BCUT2D eigenvalue weighted by Crippen LogP contribution is 2.38. The van der Waals surface area contributed by atoms with Crippen LogP contribution in [0.4, 0.5) is 0 Å². The van der Waals surface area contributed by atoms with Crippen molar-refractivity contribution in [3.8, 4) is 0 Å². The zero-order valence-electron chi connectivity index (χ0n) is 11.8. The first kappa shape index (κ1) is 17.7. The molecule has 1 rings (SSSR count). The van der Waals surface area contributed by atoms with Crippen molar-refractivity contribution in [2.45, 2.75) is 58.8 Å². The monoisotopic (exact) mass is 276 g/mol. The maximum Gasteiger partial charge on any atom is 0.220 e. The van der Waals surface area contributed by atoms with Crippen LogP contribution in [0, 0.1) is 11.3 Å². The normalized spacial score (nSPS) is 18.2. The molecule has 0 aromatic rings. The fraction of sp³-hybridized carbons (Fsp3) is 0.929. The number of carbonyl (C=O) groups is 1. The van der Waals surface area contributed by atoms with E-state index in [2.05, 4.69) is 19.2 Å². The lowest BCUT2D eigenvalue weighted by Crippen LogP contribution is -2.39. The maximum absolute atomic E-state index is 11.9. The molecule has 18 heavy (non-hydrogen) atoms.